The molecule has 0 saturated heterocycles. The first-order valence-electron chi connectivity index (χ1n) is 26.7. The number of nitrogens with zero attached hydrogens (tertiary/aromatic N) is 16. The van der Waals surface area contributed by atoms with Crippen molar-refractivity contribution < 1.29 is 19.7 Å². The van der Waals surface area contributed by atoms with Crippen molar-refractivity contribution in [1.82, 2.24) is 79.2 Å². The molecule has 0 aliphatic rings. The molecule has 0 amide bonds. The zero-order chi connectivity index (χ0) is 63.4. The predicted octanol–water partition coefficient (Wildman–Crippen LogP) is 16.0. The number of hydrogen-bond donors (Lipinski definition) is 2. The lowest BCUT2D eigenvalue weighted by molar-refractivity contribution is 0.296. The van der Waals surface area contributed by atoms with Crippen LogP contribution in [-0.4, -0.2) is 103 Å². The minimum absolute atomic E-state index is 0.125. The molecule has 12 aromatic rings. The third-order valence-corrected chi connectivity index (χ3v) is 15.6. The number of benzene rings is 4. The van der Waals surface area contributed by atoms with Crippen LogP contribution in [0.5, 0.6) is 0 Å². The molecule has 8 aromatic heterocycles. The van der Waals surface area contributed by atoms with E-state index in [0.29, 0.717) is 112 Å². The van der Waals surface area contributed by atoms with Crippen LogP contribution in [0.25, 0.3) is 90.1 Å². The van der Waals surface area contributed by atoms with Crippen molar-refractivity contribution in [3.05, 3.63) is 211 Å². The summed E-state index contributed by atoms with van der Waals surface area (Å²) in [6.07, 6.45) is 3.48. The first-order chi connectivity index (χ1) is 42.0. The van der Waals surface area contributed by atoms with E-state index in [4.69, 9.17) is 79.1 Å². The zero-order valence-corrected chi connectivity index (χ0v) is 53.1. The van der Waals surface area contributed by atoms with Gasteiger partial charge in [0.05, 0.1) is 91.0 Å². The lowest BCUT2D eigenvalue weighted by atomic mass is 10.1. The molecule has 0 spiro atoms. The normalized spacial score (nSPS) is 11.0. The van der Waals surface area contributed by atoms with Crippen LogP contribution in [0.4, 0.5) is 0 Å². The van der Waals surface area contributed by atoms with Crippen LogP contribution >= 0.6 is 69.6 Å². The largest absolute Gasteiger partial charge is 0.506 e. The van der Waals surface area contributed by atoms with E-state index in [-0.39, 0.29) is 11.5 Å². The third kappa shape index (κ3) is 13.0. The predicted molar refractivity (Wildman–Crippen MR) is 348 cm³/mol. The Hall–Kier alpha value is -9.02. The molecule has 0 atom stereocenters. The van der Waals surface area contributed by atoms with E-state index < -0.39 is 0 Å². The Labute approximate surface area is 534 Å². The van der Waals surface area contributed by atoms with Gasteiger partial charge in [0.2, 0.25) is 0 Å². The summed E-state index contributed by atoms with van der Waals surface area (Å²) in [5.74, 6) is 0.711. The summed E-state index contributed by atoms with van der Waals surface area (Å²) in [5, 5.41) is 73.5. The van der Waals surface area contributed by atoms with E-state index in [0.717, 1.165) is 67.3 Å². The minimum atomic E-state index is -0.142. The summed E-state index contributed by atoms with van der Waals surface area (Å²) in [5.41, 5.74) is 16.1. The SMILES string of the molecule is C=C(O)c1nnc2c(-c3ccc(Cl)c(Cl)c3)c(C)nn2c1C.C=C(O)c1nnc2c(-c3ccc(Cl)cc3)cnn2c1C.C=C(OCC)c1nnc2c(-c3ccc(Cl)c(Cl)c3)c(C)nn2c1C.C=C(OCC)c1nnc2c(-c3ccc(Cl)cc3)cnn2c1C. The van der Waals surface area contributed by atoms with Gasteiger partial charge in [-0.1, -0.05) is 132 Å². The van der Waals surface area contributed by atoms with Crippen molar-refractivity contribution in [2.45, 2.75) is 55.4 Å². The van der Waals surface area contributed by atoms with Crippen LogP contribution < -0.4 is 0 Å². The van der Waals surface area contributed by atoms with Gasteiger partial charge in [-0.3, -0.25) is 0 Å². The summed E-state index contributed by atoms with van der Waals surface area (Å²) in [6, 6.07) is 25.8. The Balaban J connectivity index is 0.000000140. The van der Waals surface area contributed by atoms with E-state index in [1.165, 1.54) is 0 Å². The molecule has 0 fully saturated rings. The summed E-state index contributed by atoms with van der Waals surface area (Å²) in [7, 11) is 0. The number of halogens is 6. The molecule has 8 heterocycles. The maximum absolute atomic E-state index is 9.55. The van der Waals surface area contributed by atoms with E-state index in [9.17, 15) is 10.2 Å². The average Bonchev–Trinajstić information content (AvgIpc) is 2.80. The van der Waals surface area contributed by atoms with E-state index in [1.807, 2.05) is 102 Å². The molecule has 12 rings (SSSR count). The number of aromatic nitrogens is 16. The standard InChI is InChI=1S/C17H16Cl2N4O.C16H15ClN4O.C15H12Cl2N4O.C14H11ClN4O/c1-5-24-11(4)16-10(3)23-17(21-20-16)15(9(2)22-23)12-6-7-13(18)14(19)8-12;1-4-22-11(3)15-10(2)21-16(20-19-15)14(9-18-21)12-5-7-13(17)8-6-12;1-7-13(10-4-5-11(16)12(17)6-10)15-19-18-14(9(3)22)8(2)21(15)20-7;1-8-13(9(2)20)17-18-14-12(7-16-19(8)14)10-3-5-11(15)6-4-10/h6-8H,4-5H2,1-3H3;5-9H,3-4H2,1-2H3;4-6,22H,3H2,1-2H3;3-7,20H,2H2,1H3. The molecule has 0 radical (unpaired) electrons. The summed E-state index contributed by atoms with van der Waals surface area (Å²) >= 11 is 36.0. The molecular weight excluding hydrogens is 1250 g/mol. The van der Waals surface area contributed by atoms with Crippen LogP contribution in [0.15, 0.2) is 124 Å². The molecule has 0 aliphatic carbocycles. The van der Waals surface area contributed by atoms with Crippen LogP contribution in [0.2, 0.25) is 30.1 Å². The first kappa shape index (κ1) is 63.5. The topological polar surface area (TPSA) is 231 Å². The Morgan fingerprint density at radius 2 is 0.727 bits per heavy atom. The summed E-state index contributed by atoms with van der Waals surface area (Å²) < 4.78 is 17.6. The second-order valence-corrected chi connectivity index (χ2v) is 21.9. The average molecular weight is 1300 g/mol. The van der Waals surface area contributed by atoms with Crippen molar-refractivity contribution >= 4 is 115 Å². The molecule has 448 valence electrons. The molecular formula is C62H54Cl6N16O4. The van der Waals surface area contributed by atoms with Gasteiger partial charge in [-0.2, -0.15) is 20.4 Å². The molecule has 4 aromatic carbocycles. The van der Waals surface area contributed by atoms with Crippen molar-refractivity contribution in [2.24, 2.45) is 0 Å². The molecule has 26 heteroatoms. The summed E-state index contributed by atoms with van der Waals surface area (Å²) in [6.45, 7) is 30.8. The second kappa shape index (κ2) is 26.9. The number of rotatable bonds is 12. The number of fused-ring (bicyclic) bond motifs is 4. The van der Waals surface area contributed by atoms with E-state index in [2.05, 4.69) is 87.5 Å². The highest BCUT2D eigenvalue weighted by Gasteiger charge is 2.22. The molecule has 0 saturated carbocycles. The number of aliphatic hydroxyl groups is 2. The molecule has 20 nitrogen and oxygen atoms in total. The van der Waals surface area contributed by atoms with Crippen LogP contribution in [0.3, 0.4) is 0 Å². The van der Waals surface area contributed by atoms with E-state index in [1.54, 1.807) is 68.6 Å². The monoisotopic (exact) mass is 1300 g/mol. The lowest BCUT2D eigenvalue weighted by Gasteiger charge is -2.09. The fourth-order valence-corrected chi connectivity index (χ4v) is 10.2. The van der Waals surface area contributed by atoms with Gasteiger partial charge >= 0.3 is 0 Å². The number of aryl methyl sites for hydroxylation is 6. The molecule has 0 unspecified atom stereocenters. The number of aliphatic hydroxyl groups excluding tert-OH is 2. The Bertz CT molecular complexity index is 4690. The highest BCUT2D eigenvalue weighted by atomic mass is 35.5. The smallest absolute Gasteiger partial charge is 0.185 e. The third-order valence-electron chi connectivity index (χ3n) is 13.6. The van der Waals surface area contributed by atoms with Crippen LogP contribution in [-0.2, 0) is 9.47 Å². The second-order valence-electron chi connectivity index (χ2n) is 19.4. The molecule has 88 heavy (non-hydrogen) atoms. The maximum Gasteiger partial charge on any atom is 0.185 e. The van der Waals surface area contributed by atoms with Gasteiger partial charge in [-0.25, -0.2) is 18.1 Å². The number of hydrogen-bond acceptors (Lipinski definition) is 16. The Morgan fingerprint density at radius 1 is 0.409 bits per heavy atom. The van der Waals surface area contributed by atoms with Crippen molar-refractivity contribution in [3.8, 4) is 44.5 Å². The van der Waals surface area contributed by atoms with E-state index >= 15 is 0 Å². The summed E-state index contributed by atoms with van der Waals surface area (Å²) in [4.78, 5) is 0. The van der Waals surface area contributed by atoms with Crippen LogP contribution in [0.1, 0.15) is 70.8 Å². The van der Waals surface area contributed by atoms with Gasteiger partial charge in [0.15, 0.2) is 22.6 Å². The highest BCUT2D eigenvalue weighted by molar-refractivity contribution is 6.42. The van der Waals surface area contributed by atoms with Gasteiger partial charge in [-0.05, 0) is 126 Å². The van der Waals surface area contributed by atoms with Crippen molar-refractivity contribution in [3.63, 3.8) is 0 Å². The minimum Gasteiger partial charge on any atom is -0.506 e. The Kier molecular flexibility index (Phi) is 19.4. The Morgan fingerprint density at radius 3 is 1.08 bits per heavy atom. The fraction of sp³-hybridized carbons (Fsp3) is 0.161. The van der Waals surface area contributed by atoms with Crippen LogP contribution in [0, 0.1) is 41.5 Å². The van der Waals surface area contributed by atoms with Gasteiger partial charge in [0.1, 0.15) is 45.8 Å². The fourth-order valence-electron chi connectivity index (χ4n) is 9.31. The van der Waals surface area contributed by atoms with Crippen molar-refractivity contribution in [2.75, 3.05) is 13.2 Å². The zero-order valence-electron chi connectivity index (χ0n) is 48.6. The van der Waals surface area contributed by atoms with Gasteiger partial charge in [-0.15, -0.1) is 40.8 Å². The number of ether oxygens (including phenoxy) is 2. The quantitative estimate of drug-likeness (QED) is 0.108. The molecule has 2 N–H and O–H groups in total. The first-order valence-corrected chi connectivity index (χ1v) is 29.0. The van der Waals surface area contributed by atoms with Gasteiger partial charge in [0.25, 0.3) is 0 Å². The lowest BCUT2D eigenvalue weighted by Crippen LogP contribution is -2.06. The molecule has 0 bridgehead atoms. The van der Waals surface area contributed by atoms with Gasteiger partial charge < -0.3 is 19.7 Å². The van der Waals surface area contributed by atoms with Gasteiger partial charge in [0, 0.05) is 21.2 Å². The highest BCUT2D eigenvalue weighted by Crippen LogP contribution is 2.36. The van der Waals surface area contributed by atoms with Crippen molar-refractivity contribution in [1.29, 1.82) is 0 Å². The molecule has 0 aliphatic heterocycles. The maximum atomic E-state index is 9.55.